The van der Waals surface area contributed by atoms with Gasteiger partial charge in [-0.1, -0.05) is 6.08 Å². The van der Waals surface area contributed by atoms with Crippen molar-refractivity contribution in [1.82, 2.24) is 10.3 Å². The Kier molecular flexibility index (Phi) is 5.42. The highest BCUT2D eigenvalue weighted by molar-refractivity contribution is 7.99. The van der Waals surface area contributed by atoms with Crippen molar-refractivity contribution < 1.29 is 9.53 Å². The van der Waals surface area contributed by atoms with Crippen molar-refractivity contribution in [3.63, 3.8) is 0 Å². The number of pyridine rings is 1. The van der Waals surface area contributed by atoms with E-state index < -0.39 is 0 Å². The van der Waals surface area contributed by atoms with E-state index in [0.29, 0.717) is 12.1 Å². The van der Waals surface area contributed by atoms with Crippen molar-refractivity contribution in [2.45, 2.75) is 24.0 Å². The maximum atomic E-state index is 12.1. The number of ether oxygens (including phenoxy) is 1. The summed E-state index contributed by atoms with van der Waals surface area (Å²) in [7, 11) is 0. The smallest absolute Gasteiger partial charge is 0.254 e. The van der Waals surface area contributed by atoms with E-state index >= 15 is 0 Å². The molecule has 1 fully saturated rings. The number of amides is 1. The molecule has 0 saturated carbocycles. The first kappa shape index (κ1) is 14.1. The third kappa shape index (κ3) is 4.08. The van der Waals surface area contributed by atoms with Gasteiger partial charge in [0.1, 0.15) is 5.03 Å². The zero-order valence-electron chi connectivity index (χ0n) is 10.8. The fourth-order valence-corrected chi connectivity index (χ4v) is 2.65. The summed E-state index contributed by atoms with van der Waals surface area (Å²) in [5.41, 5.74) is 0.618. The first-order chi connectivity index (χ1) is 9.31. The van der Waals surface area contributed by atoms with Crippen LogP contribution in [0.1, 0.15) is 23.2 Å². The minimum absolute atomic E-state index is 0.0878. The molecule has 0 bridgehead atoms. The molecule has 1 saturated heterocycles. The van der Waals surface area contributed by atoms with Gasteiger partial charge in [-0.2, -0.15) is 0 Å². The molecule has 0 radical (unpaired) electrons. The number of carbonyl (C=O) groups is 1. The Morgan fingerprint density at radius 3 is 3.32 bits per heavy atom. The molecule has 1 aliphatic rings. The van der Waals surface area contributed by atoms with E-state index in [2.05, 4.69) is 16.9 Å². The zero-order valence-corrected chi connectivity index (χ0v) is 11.6. The molecule has 1 amide bonds. The lowest BCUT2D eigenvalue weighted by atomic mass is 10.2. The van der Waals surface area contributed by atoms with Gasteiger partial charge < -0.3 is 10.1 Å². The average Bonchev–Trinajstić information content (AvgIpc) is 2.96. The fraction of sp³-hybridized carbons (Fsp3) is 0.429. The standard InChI is InChI=1S/C14H18N2O2S/c1-2-9-19-14-12(6-3-7-15-14)13(17)16-10-11-5-4-8-18-11/h2-3,6-7,11H,1,4-5,8-10H2,(H,16,17). The number of nitrogens with one attached hydrogen (secondary N) is 1. The molecular weight excluding hydrogens is 260 g/mol. The monoisotopic (exact) mass is 278 g/mol. The van der Waals surface area contributed by atoms with Crippen LogP contribution in [-0.2, 0) is 4.74 Å². The summed E-state index contributed by atoms with van der Waals surface area (Å²) < 4.78 is 5.49. The molecule has 2 heterocycles. The number of hydrogen-bond acceptors (Lipinski definition) is 4. The van der Waals surface area contributed by atoms with Crippen molar-refractivity contribution in [2.24, 2.45) is 0 Å². The van der Waals surface area contributed by atoms with Gasteiger partial charge in [0.15, 0.2) is 0 Å². The van der Waals surface area contributed by atoms with Gasteiger partial charge in [0.2, 0.25) is 0 Å². The molecule has 1 aromatic rings. The average molecular weight is 278 g/mol. The number of carbonyl (C=O) groups excluding carboxylic acids is 1. The van der Waals surface area contributed by atoms with Gasteiger partial charge in [-0.05, 0) is 25.0 Å². The van der Waals surface area contributed by atoms with Crippen LogP contribution in [0.15, 0.2) is 36.0 Å². The number of rotatable bonds is 6. The predicted molar refractivity (Wildman–Crippen MR) is 76.5 cm³/mol. The van der Waals surface area contributed by atoms with Crippen molar-refractivity contribution in [3.05, 3.63) is 36.5 Å². The second-order valence-corrected chi connectivity index (χ2v) is 5.31. The van der Waals surface area contributed by atoms with Crippen LogP contribution in [0.2, 0.25) is 0 Å². The summed E-state index contributed by atoms with van der Waals surface area (Å²) in [6, 6.07) is 3.57. The van der Waals surface area contributed by atoms with Crippen molar-refractivity contribution in [2.75, 3.05) is 18.9 Å². The minimum atomic E-state index is -0.0878. The Bertz CT molecular complexity index is 445. The minimum Gasteiger partial charge on any atom is -0.376 e. The summed E-state index contributed by atoms with van der Waals surface area (Å²) in [4.78, 5) is 16.4. The molecule has 0 spiro atoms. The van der Waals surface area contributed by atoms with Gasteiger partial charge in [-0.25, -0.2) is 4.98 Å². The molecule has 1 aliphatic heterocycles. The number of hydrogen-bond donors (Lipinski definition) is 1. The van der Waals surface area contributed by atoms with Gasteiger partial charge >= 0.3 is 0 Å². The van der Waals surface area contributed by atoms with Crippen molar-refractivity contribution in [3.8, 4) is 0 Å². The van der Waals surface area contributed by atoms with Crippen LogP contribution < -0.4 is 5.32 Å². The second-order valence-electron chi connectivity index (χ2n) is 4.30. The molecule has 4 nitrogen and oxygen atoms in total. The maximum Gasteiger partial charge on any atom is 0.254 e. The van der Waals surface area contributed by atoms with Crippen molar-refractivity contribution >= 4 is 17.7 Å². The summed E-state index contributed by atoms with van der Waals surface area (Å²) in [5, 5.41) is 3.66. The molecule has 1 atom stereocenters. The molecule has 19 heavy (non-hydrogen) atoms. The van der Waals surface area contributed by atoms with Crippen LogP contribution in [0.25, 0.3) is 0 Å². The number of thioether (sulfide) groups is 1. The van der Waals surface area contributed by atoms with E-state index in [1.165, 1.54) is 11.8 Å². The van der Waals surface area contributed by atoms with E-state index in [1.54, 1.807) is 24.4 Å². The second kappa shape index (κ2) is 7.31. The molecule has 1 unspecified atom stereocenters. The lowest BCUT2D eigenvalue weighted by Crippen LogP contribution is -2.32. The van der Waals surface area contributed by atoms with Crippen LogP contribution in [0.5, 0.6) is 0 Å². The molecule has 1 aromatic heterocycles. The van der Waals surface area contributed by atoms with Crippen LogP contribution in [0.3, 0.4) is 0 Å². The topological polar surface area (TPSA) is 51.2 Å². The normalized spacial score (nSPS) is 18.2. The van der Waals surface area contributed by atoms with Gasteiger partial charge in [-0.3, -0.25) is 4.79 Å². The van der Waals surface area contributed by atoms with Crippen LogP contribution in [0.4, 0.5) is 0 Å². The maximum absolute atomic E-state index is 12.1. The fourth-order valence-electron chi connectivity index (χ4n) is 1.92. The summed E-state index contributed by atoms with van der Waals surface area (Å²) in [5.74, 6) is 0.651. The Labute approximate surface area is 117 Å². The Hall–Kier alpha value is -1.33. The van der Waals surface area contributed by atoms with E-state index in [4.69, 9.17) is 4.74 Å². The molecule has 0 aliphatic carbocycles. The Morgan fingerprint density at radius 1 is 1.68 bits per heavy atom. The highest BCUT2D eigenvalue weighted by atomic mass is 32.2. The number of aromatic nitrogens is 1. The highest BCUT2D eigenvalue weighted by Crippen LogP contribution is 2.20. The quantitative estimate of drug-likeness (QED) is 0.640. The molecule has 0 aromatic carbocycles. The largest absolute Gasteiger partial charge is 0.376 e. The first-order valence-electron chi connectivity index (χ1n) is 6.39. The lowest BCUT2D eigenvalue weighted by Gasteiger charge is -2.12. The highest BCUT2D eigenvalue weighted by Gasteiger charge is 2.18. The third-order valence-corrected chi connectivity index (χ3v) is 3.87. The summed E-state index contributed by atoms with van der Waals surface area (Å²) in [6.07, 6.45) is 5.75. The Balaban J connectivity index is 1.95. The summed E-state index contributed by atoms with van der Waals surface area (Å²) in [6.45, 7) is 5.04. The lowest BCUT2D eigenvalue weighted by molar-refractivity contribution is 0.0855. The van der Waals surface area contributed by atoms with E-state index in [9.17, 15) is 4.79 Å². The van der Waals surface area contributed by atoms with Crippen LogP contribution >= 0.6 is 11.8 Å². The van der Waals surface area contributed by atoms with E-state index in [1.807, 2.05) is 0 Å². The first-order valence-corrected chi connectivity index (χ1v) is 7.38. The molecule has 102 valence electrons. The predicted octanol–water partition coefficient (Wildman–Crippen LogP) is 2.27. The summed E-state index contributed by atoms with van der Waals surface area (Å²) >= 11 is 1.51. The molecule has 2 rings (SSSR count). The molecule has 1 N–H and O–H groups in total. The molecule has 5 heteroatoms. The van der Waals surface area contributed by atoms with E-state index in [0.717, 1.165) is 30.2 Å². The van der Waals surface area contributed by atoms with Gasteiger partial charge in [0.05, 0.1) is 11.7 Å². The Morgan fingerprint density at radius 2 is 2.58 bits per heavy atom. The van der Waals surface area contributed by atoms with Crippen LogP contribution in [-0.4, -0.2) is 35.9 Å². The molecular formula is C14H18N2O2S. The van der Waals surface area contributed by atoms with Gasteiger partial charge in [0, 0.05) is 25.1 Å². The third-order valence-electron chi connectivity index (χ3n) is 2.87. The SMILES string of the molecule is C=CCSc1ncccc1C(=O)NCC1CCCO1. The zero-order chi connectivity index (χ0) is 13.5. The van der Waals surface area contributed by atoms with Gasteiger partial charge in [-0.15, -0.1) is 18.3 Å². The van der Waals surface area contributed by atoms with E-state index in [-0.39, 0.29) is 12.0 Å². The van der Waals surface area contributed by atoms with Crippen molar-refractivity contribution in [1.29, 1.82) is 0 Å². The van der Waals surface area contributed by atoms with Gasteiger partial charge in [0.25, 0.3) is 5.91 Å². The van der Waals surface area contributed by atoms with Crippen LogP contribution in [0, 0.1) is 0 Å². The number of nitrogens with zero attached hydrogens (tertiary/aromatic N) is 1.